The molecule has 0 aliphatic carbocycles. The fourth-order valence-corrected chi connectivity index (χ4v) is 2.26. The third-order valence-electron chi connectivity index (χ3n) is 3.06. The number of aromatic nitrogens is 2. The zero-order valence-electron chi connectivity index (χ0n) is 9.77. The molecule has 0 amide bonds. The van der Waals surface area contributed by atoms with E-state index >= 15 is 0 Å². The summed E-state index contributed by atoms with van der Waals surface area (Å²) in [6.07, 6.45) is 3.51. The second kappa shape index (κ2) is 4.48. The van der Waals surface area contributed by atoms with Gasteiger partial charge in [0.25, 0.3) is 0 Å². The minimum Gasteiger partial charge on any atom is -0.338 e. The zero-order valence-corrected chi connectivity index (χ0v) is 9.77. The van der Waals surface area contributed by atoms with Crippen LogP contribution in [0.15, 0.2) is 6.07 Å². The molecule has 1 aromatic rings. The molecular formula is C12H16N4. The highest BCUT2D eigenvalue weighted by atomic mass is 15.3. The van der Waals surface area contributed by atoms with Gasteiger partial charge >= 0.3 is 0 Å². The van der Waals surface area contributed by atoms with Gasteiger partial charge in [-0.15, -0.1) is 0 Å². The van der Waals surface area contributed by atoms with Crippen molar-refractivity contribution >= 4 is 5.95 Å². The number of nitriles is 1. The molecule has 0 aromatic carbocycles. The Balaban J connectivity index is 2.33. The fourth-order valence-electron chi connectivity index (χ4n) is 2.26. The smallest absolute Gasteiger partial charge is 0.227 e. The van der Waals surface area contributed by atoms with Crippen LogP contribution in [0.3, 0.4) is 0 Å². The molecule has 0 N–H and O–H groups in total. The first-order valence-electron chi connectivity index (χ1n) is 5.77. The molecule has 2 heterocycles. The van der Waals surface area contributed by atoms with E-state index in [1.54, 1.807) is 6.07 Å². The van der Waals surface area contributed by atoms with Gasteiger partial charge in [-0.25, -0.2) is 9.97 Å². The van der Waals surface area contributed by atoms with E-state index in [0.717, 1.165) is 24.6 Å². The van der Waals surface area contributed by atoms with Crippen molar-refractivity contribution in [2.45, 2.75) is 39.2 Å². The van der Waals surface area contributed by atoms with Crippen LogP contribution < -0.4 is 4.90 Å². The van der Waals surface area contributed by atoms with Crippen molar-refractivity contribution in [2.75, 3.05) is 11.4 Å². The van der Waals surface area contributed by atoms with E-state index in [2.05, 4.69) is 27.9 Å². The molecule has 0 saturated carbocycles. The van der Waals surface area contributed by atoms with Gasteiger partial charge < -0.3 is 4.90 Å². The topological polar surface area (TPSA) is 52.8 Å². The minimum absolute atomic E-state index is 0.462. The van der Waals surface area contributed by atoms with Crippen LogP contribution in [0.2, 0.25) is 0 Å². The molecule has 0 bridgehead atoms. The first-order valence-corrected chi connectivity index (χ1v) is 5.77. The van der Waals surface area contributed by atoms with E-state index < -0.39 is 0 Å². The number of anilines is 1. The number of hydrogen-bond acceptors (Lipinski definition) is 4. The molecule has 4 nitrogen and oxygen atoms in total. The predicted molar refractivity (Wildman–Crippen MR) is 62.1 cm³/mol. The van der Waals surface area contributed by atoms with Crippen LogP contribution in [0.5, 0.6) is 0 Å². The summed E-state index contributed by atoms with van der Waals surface area (Å²) in [5, 5.41) is 8.89. The van der Waals surface area contributed by atoms with E-state index in [9.17, 15) is 0 Å². The summed E-state index contributed by atoms with van der Waals surface area (Å²) in [4.78, 5) is 10.9. The first kappa shape index (κ1) is 10.9. The van der Waals surface area contributed by atoms with Crippen molar-refractivity contribution in [3.8, 4) is 6.07 Å². The van der Waals surface area contributed by atoms with Crippen LogP contribution >= 0.6 is 0 Å². The average Bonchev–Trinajstić information content (AvgIpc) is 2.76. The maximum absolute atomic E-state index is 8.89. The van der Waals surface area contributed by atoms with Crippen molar-refractivity contribution in [2.24, 2.45) is 0 Å². The Hall–Kier alpha value is -1.63. The van der Waals surface area contributed by atoms with Crippen LogP contribution in [0.1, 0.15) is 37.6 Å². The highest BCUT2D eigenvalue weighted by molar-refractivity contribution is 5.38. The first-order chi connectivity index (χ1) is 7.74. The molecule has 2 rings (SSSR count). The van der Waals surface area contributed by atoms with Gasteiger partial charge in [0.15, 0.2) is 0 Å². The van der Waals surface area contributed by atoms with Gasteiger partial charge in [0.1, 0.15) is 11.8 Å². The molecule has 0 spiro atoms. The molecule has 1 aliphatic rings. The molecule has 1 fully saturated rings. The highest BCUT2D eigenvalue weighted by Gasteiger charge is 2.25. The Morgan fingerprint density at radius 2 is 2.38 bits per heavy atom. The lowest BCUT2D eigenvalue weighted by molar-refractivity contribution is 0.633. The monoisotopic (exact) mass is 216 g/mol. The summed E-state index contributed by atoms with van der Waals surface area (Å²) in [6.45, 7) is 5.10. The van der Waals surface area contributed by atoms with Gasteiger partial charge in [-0.1, -0.05) is 6.92 Å². The molecule has 0 radical (unpaired) electrons. The van der Waals surface area contributed by atoms with Crippen molar-refractivity contribution in [3.05, 3.63) is 17.5 Å². The van der Waals surface area contributed by atoms with Crippen molar-refractivity contribution in [3.63, 3.8) is 0 Å². The van der Waals surface area contributed by atoms with Gasteiger partial charge in [-0.3, -0.25) is 0 Å². The summed E-state index contributed by atoms with van der Waals surface area (Å²) in [7, 11) is 0. The Labute approximate surface area is 95.9 Å². The van der Waals surface area contributed by atoms with E-state index in [0.29, 0.717) is 11.7 Å². The van der Waals surface area contributed by atoms with Crippen LogP contribution in [-0.2, 0) is 0 Å². The lowest BCUT2D eigenvalue weighted by atomic mass is 10.2. The van der Waals surface area contributed by atoms with E-state index in [-0.39, 0.29) is 0 Å². The Kier molecular flexibility index (Phi) is 3.04. The number of hydrogen-bond donors (Lipinski definition) is 0. The Morgan fingerprint density at radius 3 is 3.06 bits per heavy atom. The summed E-state index contributed by atoms with van der Waals surface area (Å²) < 4.78 is 0. The highest BCUT2D eigenvalue weighted by Crippen LogP contribution is 2.24. The zero-order chi connectivity index (χ0) is 11.5. The molecule has 4 heteroatoms. The number of aryl methyl sites for hydroxylation is 1. The molecule has 1 aromatic heterocycles. The number of nitrogens with zero attached hydrogens (tertiary/aromatic N) is 4. The summed E-state index contributed by atoms with van der Waals surface area (Å²) in [5.41, 5.74) is 1.33. The van der Waals surface area contributed by atoms with Crippen LogP contribution in [-0.4, -0.2) is 22.6 Å². The summed E-state index contributed by atoms with van der Waals surface area (Å²) >= 11 is 0. The quantitative estimate of drug-likeness (QED) is 0.759. The maximum Gasteiger partial charge on any atom is 0.227 e. The van der Waals surface area contributed by atoms with Gasteiger partial charge in [-0.2, -0.15) is 5.26 Å². The molecule has 1 saturated heterocycles. The van der Waals surface area contributed by atoms with Crippen molar-refractivity contribution in [1.82, 2.24) is 9.97 Å². The fraction of sp³-hybridized carbons (Fsp3) is 0.583. The molecule has 1 aliphatic heterocycles. The van der Waals surface area contributed by atoms with E-state index in [1.807, 2.05) is 6.92 Å². The number of rotatable bonds is 2. The second-order valence-corrected chi connectivity index (χ2v) is 4.20. The lowest BCUT2D eigenvalue weighted by Gasteiger charge is -2.23. The average molecular weight is 216 g/mol. The van der Waals surface area contributed by atoms with E-state index in [1.165, 1.54) is 12.8 Å². The lowest BCUT2D eigenvalue weighted by Crippen LogP contribution is -2.30. The molecule has 1 atom stereocenters. The van der Waals surface area contributed by atoms with Crippen LogP contribution in [0.4, 0.5) is 5.95 Å². The Morgan fingerprint density at radius 1 is 1.56 bits per heavy atom. The standard InChI is InChI=1S/C12H16N4/c1-3-11-5-4-6-16(11)12-14-9(2)7-10(8-13)15-12/h7,11H,3-6H2,1-2H3. The van der Waals surface area contributed by atoms with Gasteiger partial charge in [-0.05, 0) is 32.3 Å². The van der Waals surface area contributed by atoms with Gasteiger partial charge in [0.05, 0.1) is 0 Å². The maximum atomic E-state index is 8.89. The van der Waals surface area contributed by atoms with Gasteiger partial charge in [0.2, 0.25) is 5.95 Å². The summed E-state index contributed by atoms with van der Waals surface area (Å²) in [6, 6.07) is 4.34. The third-order valence-corrected chi connectivity index (χ3v) is 3.06. The molecule has 84 valence electrons. The van der Waals surface area contributed by atoms with Crippen molar-refractivity contribution < 1.29 is 0 Å². The second-order valence-electron chi connectivity index (χ2n) is 4.20. The van der Waals surface area contributed by atoms with Crippen LogP contribution in [0, 0.1) is 18.3 Å². The van der Waals surface area contributed by atoms with E-state index in [4.69, 9.17) is 5.26 Å². The molecular weight excluding hydrogens is 200 g/mol. The predicted octanol–water partition coefficient (Wildman–Crippen LogP) is 2.04. The third kappa shape index (κ3) is 1.99. The van der Waals surface area contributed by atoms with Crippen molar-refractivity contribution in [1.29, 1.82) is 5.26 Å². The molecule has 1 unspecified atom stereocenters. The minimum atomic E-state index is 0.462. The summed E-state index contributed by atoms with van der Waals surface area (Å²) in [5.74, 6) is 0.723. The largest absolute Gasteiger partial charge is 0.338 e. The van der Waals surface area contributed by atoms with Gasteiger partial charge in [0, 0.05) is 18.3 Å². The van der Waals surface area contributed by atoms with Crippen LogP contribution in [0.25, 0.3) is 0 Å². The molecule has 16 heavy (non-hydrogen) atoms. The SMILES string of the molecule is CCC1CCCN1c1nc(C)cc(C#N)n1. The normalized spacial score (nSPS) is 19.8. The Bertz CT molecular complexity index is 422.